The molecule has 0 nitrogen and oxygen atoms in total. The summed E-state index contributed by atoms with van der Waals surface area (Å²) in [5, 5.41) is -0.334. The first-order valence-corrected chi connectivity index (χ1v) is 7.39. The van der Waals surface area contributed by atoms with Crippen molar-refractivity contribution in [3.05, 3.63) is 70.8 Å². The molecular weight excluding hydrogens is 290 g/mol. The van der Waals surface area contributed by atoms with Crippen LogP contribution in [0.25, 0.3) is 0 Å². The molecule has 21 heavy (non-hydrogen) atoms. The van der Waals surface area contributed by atoms with Crippen LogP contribution in [-0.2, 0) is 11.8 Å². The van der Waals surface area contributed by atoms with E-state index >= 15 is 0 Å². The van der Waals surface area contributed by atoms with Gasteiger partial charge in [0.1, 0.15) is 11.6 Å². The number of alkyl halides is 1. The predicted octanol–water partition coefficient (Wildman–Crippen LogP) is 5.78. The zero-order valence-electron chi connectivity index (χ0n) is 12.5. The first-order valence-electron chi connectivity index (χ1n) is 6.96. The van der Waals surface area contributed by atoms with Crippen molar-refractivity contribution in [2.24, 2.45) is 0 Å². The van der Waals surface area contributed by atoms with E-state index in [1.807, 2.05) is 24.3 Å². The zero-order valence-corrected chi connectivity index (χ0v) is 13.2. The van der Waals surface area contributed by atoms with Crippen molar-refractivity contribution in [1.82, 2.24) is 0 Å². The summed E-state index contributed by atoms with van der Waals surface area (Å²) in [4.78, 5) is 0. The standard InChI is InChI=1S/C18H19ClF2/c1-18(2,3)14-7-4-12(5-8-14)16(19)10-13-6-9-15(20)11-17(13)21/h4-9,11,16H,10H2,1-3H3. The highest BCUT2D eigenvalue weighted by Gasteiger charge is 2.16. The summed E-state index contributed by atoms with van der Waals surface area (Å²) in [6, 6.07) is 11.6. The van der Waals surface area contributed by atoms with Crippen molar-refractivity contribution in [2.75, 3.05) is 0 Å². The Kier molecular flexibility index (Phi) is 4.67. The Balaban J connectivity index is 2.15. The molecule has 1 atom stereocenters. The maximum Gasteiger partial charge on any atom is 0.129 e. The summed E-state index contributed by atoms with van der Waals surface area (Å²) in [5.74, 6) is -1.12. The smallest absolute Gasteiger partial charge is 0.129 e. The van der Waals surface area contributed by atoms with Crippen LogP contribution in [0.1, 0.15) is 42.8 Å². The van der Waals surface area contributed by atoms with Crippen molar-refractivity contribution in [3.8, 4) is 0 Å². The van der Waals surface area contributed by atoms with Gasteiger partial charge in [0.25, 0.3) is 0 Å². The highest BCUT2D eigenvalue weighted by molar-refractivity contribution is 6.20. The first kappa shape index (κ1) is 16.0. The van der Waals surface area contributed by atoms with Gasteiger partial charge in [-0.05, 0) is 34.6 Å². The van der Waals surface area contributed by atoms with Gasteiger partial charge in [0.15, 0.2) is 0 Å². The van der Waals surface area contributed by atoms with Crippen molar-refractivity contribution in [3.63, 3.8) is 0 Å². The second kappa shape index (κ2) is 6.15. The predicted molar refractivity (Wildman–Crippen MR) is 83.8 cm³/mol. The summed E-state index contributed by atoms with van der Waals surface area (Å²) in [6.07, 6.45) is 0.336. The van der Waals surface area contributed by atoms with Gasteiger partial charge >= 0.3 is 0 Å². The zero-order chi connectivity index (χ0) is 15.6. The molecule has 0 heterocycles. The molecule has 112 valence electrons. The lowest BCUT2D eigenvalue weighted by Gasteiger charge is -2.20. The fourth-order valence-electron chi connectivity index (χ4n) is 2.19. The second-order valence-corrected chi connectivity index (χ2v) is 6.81. The van der Waals surface area contributed by atoms with Gasteiger partial charge in [0.2, 0.25) is 0 Å². The summed E-state index contributed by atoms with van der Waals surface area (Å²) >= 11 is 6.36. The molecule has 0 amide bonds. The first-order chi connectivity index (χ1) is 9.77. The van der Waals surface area contributed by atoms with E-state index in [0.29, 0.717) is 12.0 Å². The Hall–Kier alpha value is -1.41. The van der Waals surface area contributed by atoms with Gasteiger partial charge in [-0.15, -0.1) is 11.6 Å². The van der Waals surface area contributed by atoms with Crippen molar-refractivity contribution in [1.29, 1.82) is 0 Å². The Labute approximate surface area is 129 Å². The fourth-order valence-corrected chi connectivity index (χ4v) is 2.50. The molecule has 0 aromatic heterocycles. The van der Waals surface area contributed by atoms with E-state index in [9.17, 15) is 8.78 Å². The molecule has 0 saturated carbocycles. The number of halogens is 3. The molecule has 0 N–H and O–H groups in total. The van der Waals surface area contributed by atoms with E-state index < -0.39 is 11.6 Å². The minimum Gasteiger partial charge on any atom is -0.207 e. The SMILES string of the molecule is CC(C)(C)c1ccc(C(Cl)Cc2ccc(F)cc2F)cc1. The monoisotopic (exact) mass is 308 g/mol. The van der Waals surface area contributed by atoms with Gasteiger partial charge in [-0.3, -0.25) is 0 Å². The third-order valence-corrected chi connectivity index (χ3v) is 3.96. The summed E-state index contributed by atoms with van der Waals surface area (Å²) in [7, 11) is 0. The van der Waals surface area contributed by atoms with Crippen molar-refractivity contribution >= 4 is 11.6 Å². The molecule has 2 aromatic rings. The minimum absolute atomic E-state index is 0.0867. The number of benzene rings is 2. The molecular formula is C18H19ClF2. The molecule has 3 heteroatoms. The van der Waals surface area contributed by atoms with Crippen LogP contribution in [0.2, 0.25) is 0 Å². The molecule has 0 bridgehead atoms. The summed E-state index contributed by atoms with van der Waals surface area (Å²) in [5.41, 5.74) is 2.68. The van der Waals surface area contributed by atoms with Crippen molar-refractivity contribution in [2.45, 2.75) is 38.0 Å². The van der Waals surface area contributed by atoms with Crippen LogP contribution in [0.4, 0.5) is 8.78 Å². The lowest BCUT2D eigenvalue weighted by Crippen LogP contribution is -2.11. The lowest BCUT2D eigenvalue weighted by molar-refractivity contribution is 0.570. The second-order valence-electron chi connectivity index (χ2n) is 6.28. The van der Waals surface area contributed by atoms with E-state index in [1.54, 1.807) is 0 Å². The van der Waals surface area contributed by atoms with E-state index in [0.717, 1.165) is 11.6 Å². The van der Waals surface area contributed by atoms with Crippen LogP contribution in [0, 0.1) is 11.6 Å². The average Bonchev–Trinajstić information content (AvgIpc) is 2.41. The van der Waals surface area contributed by atoms with Gasteiger partial charge in [-0.25, -0.2) is 8.78 Å². The minimum atomic E-state index is -0.572. The largest absolute Gasteiger partial charge is 0.207 e. The van der Waals surface area contributed by atoms with E-state index in [4.69, 9.17) is 11.6 Å². The number of hydrogen-bond donors (Lipinski definition) is 0. The number of hydrogen-bond acceptors (Lipinski definition) is 0. The molecule has 0 aliphatic carbocycles. The maximum atomic E-state index is 13.6. The van der Waals surface area contributed by atoms with Gasteiger partial charge in [0, 0.05) is 6.07 Å². The van der Waals surface area contributed by atoms with Crippen LogP contribution < -0.4 is 0 Å². The normalized spacial score (nSPS) is 13.2. The maximum absolute atomic E-state index is 13.6. The topological polar surface area (TPSA) is 0 Å². The van der Waals surface area contributed by atoms with Crippen molar-refractivity contribution < 1.29 is 8.78 Å². The molecule has 0 fully saturated rings. The van der Waals surface area contributed by atoms with Crippen LogP contribution in [-0.4, -0.2) is 0 Å². The van der Waals surface area contributed by atoms with Gasteiger partial charge in [0.05, 0.1) is 5.38 Å². The van der Waals surface area contributed by atoms with Crippen LogP contribution >= 0.6 is 11.6 Å². The summed E-state index contributed by atoms with van der Waals surface area (Å²) in [6.45, 7) is 6.44. The Morgan fingerprint density at radius 3 is 2.14 bits per heavy atom. The molecule has 2 rings (SSSR count). The molecule has 0 saturated heterocycles. The highest BCUT2D eigenvalue weighted by atomic mass is 35.5. The molecule has 0 radical (unpaired) electrons. The van der Waals surface area contributed by atoms with Gasteiger partial charge in [-0.1, -0.05) is 51.1 Å². The Morgan fingerprint density at radius 2 is 1.62 bits per heavy atom. The van der Waals surface area contributed by atoms with E-state index in [1.165, 1.54) is 17.7 Å². The molecule has 1 unspecified atom stereocenters. The number of rotatable bonds is 3. The molecule has 0 aliphatic heterocycles. The molecule has 0 spiro atoms. The van der Waals surface area contributed by atoms with E-state index in [-0.39, 0.29) is 10.8 Å². The summed E-state index contributed by atoms with van der Waals surface area (Å²) < 4.78 is 26.5. The lowest BCUT2D eigenvalue weighted by atomic mass is 9.86. The van der Waals surface area contributed by atoms with Gasteiger partial charge in [-0.2, -0.15) is 0 Å². The third kappa shape index (κ3) is 4.04. The quantitative estimate of drug-likeness (QED) is 0.630. The highest BCUT2D eigenvalue weighted by Crippen LogP contribution is 2.29. The Morgan fingerprint density at radius 1 is 1.00 bits per heavy atom. The van der Waals surface area contributed by atoms with Crippen LogP contribution in [0.3, 0.4) is 0 Å². The Bertz CT molecular complexity index is 612. The van der Waals surface area contributed by atoms with Crippen LogP contribution in [0.15, 0.2) is 42.5 Å². The fraction of sp³-hybridized carbons (Fsp3) is 0.333. The average molecular weight is 309 g/mol. The van der Waals surface area contributed by atoms with Gasteiger partial charge < -0.3 is 0 Å². The third-order valence-electron chi connectivity index (χ3n) is 3.55. The molecule has 0 aliphatic rings. The van der Waals surface area contributed by atoms with Crippen LogP contribution in [0.5, 0.6) is 0 Å². The van der Waals surface area contributed by atoms with E-state index in [2.05, 4.69) is 20.8 Å². The molecule has 2 aromatic carbocycles.